The van der Waals surface area contributed by atoms with Crippen LogP contribution < -0.4 is 16.0 Å². The van der Waals surface area contributed by atoms with E-state index < -0.39 is 40.7 Å². The summed E-state index contributed by atoms with van der Waals surface area (Å²) in [6.07, 6.45) is -2.96. The molecule has 0 spiro atoms. The van der Waals surface area contributed by atoms with Crippen LogP contribution in [0.2, 0.25) is 0 Å². The molecule has 0 radical (unpaired) electrons. The van der Waals surface area contributed by atoms with E-state index in [0.717, 1.165) is 0 Å². The lowest BCUT2D eigenvalue weighted by Crippen LogP contribution is -2.67. The zero-order valence-corrected chi connectivity index (χ0v) is 21.0. The minimum Gasteiger partial charge on any atom is -0.391 e. The molecule has 4 saturated carbocycles. The van der Waals surface area contributed by atoms with Gasteiger partial charge >= 0.3 is 6.18 Å². The SMILES string of the molecule is O=C(COC1CCC(Cl)C(F)C1)NC12CCC(C(=O)NCC3CCC(C(F)(F)F)CN3)(CC1)C[C@H]2O. The van der Waals surface area contributed by atoms with Crippen molar-refractivity contribution in [2.75, 3.05) is 19.7 Å². The lowest BCUT2D eigenvalue weighted by molar-refractivity contribution is -0.179. The van der Waals surface area contributed by atoms with Crippen LogP contribution in [0.25, 0.3) is 0 Å². The number of hydrogen-bond donors (Lipinski definition) is 4. The van der Waals surface area contributed by atoms with E-state index in [1.807, 2.05) is 0 Å². The van der Waals surface area contributed by atoms with Crippen molar-refractivity contribution >= 4 is 23.4 Å². The molecule has 4 N–H and O–H groups in total. The van der Waals surface area contributed by atoms with Gasteiger partial charge in [-0.05, 0) is 57.8 Å². The minimum atomic E-state index is -4.21. The van der Waals surface area contributed by atoms with Gasteiger partial charge in [-0.25, -0.2) is 4.39 Å². The molecule has 1 aliphatic heterocycles. The van der Waals surface area contributed by atoms with Crippen LogP contribution >= 0.6 is 11.6 Å². The number of ether oxygens (including phenoxy) is 1. The number of amides is 2. The van der Waals surface area contributed by atoms with Crippen molar-refractivity contribution in [1.29, 1.82) is 0 Å². The van der Waals surface area contributed by atoms with Gasteiger partial charge in [0.2, 0.25) is 11.8 Å². The van der Waals surface area contributed by atoms with Gasteiger partial charge in [-0.2, -0.15) is 13.2 Å². The molecule has 1 heterocycles. The summed E-state index contributed by atoms with van der Waals surface area (Å²) < 4.78 is 57.9. The molecular formula is C24H36ClF4N3O4. The first-order valence-corrected chi connectivity index (χ1v) is 13.3. The van der Waals surface area contributed by atoms with Gasteiger partial charge in [0.25, 0.3) is 0 Å². The number of aliphatic hydroxyl groups is 1. The first-order chi connectivity index (χ1) is 16.9. The van der Waals surface area contributed by atoms with Gasteiger partial charge in [-0.3, -0.25) is 9.59 Å². The largest absolute Gasteiger partial charge is 0.393 e. The van der Waals surface area contributed by atoms with Crippen LogP contribution in [0.3, 0.4) is 0 Å². The number of nitrogens with one attached hydrogen (secondary N) is 3. The first-order valence-electron chi connectivity index (χ1n) is 12.9. The van der Waals surface area contributed by atoms with Gasteiger partial charge in [0.05, 0.1) is 34.5 Å². The Kier molecular flexibility index (Phi) is 8.44. The lowest BCUT2D eigenvalue weighted by atomic mass is 9.55. The molecule has 7 nitrogen and oxygen atoms in total. The third kappa shape index (κ3) is 6.10. The molecule has 2 bridgehead atoms. The number of carbonyl (C=O) groups excluding carboxylic acids is 2. The monoisotopic (exact) mass is 541 g/mol. The van der Waals surface area contributed by atoms with E-state index in [1.165, 1.54) is 0 Å². The molecule has 5 unspecified atom stereocenters. The van der Waals surface area contributed by atoms with Crippen molar-refractivity contribution in [2.45, 2.75) is 106 Å². The fraction of sp³-hybridized carbons (Fsp3) is 0.917. The molecule has 206 valence electrons. The minimum absolute atomic E-state index is 0.0369. The van der Waals surface area contributed by atoms with Crippen molar-refractivity contribution in [2.24, 2.45) is 11.3 Å². The summed E-state index contributed by atoms with van der Waals surface area (Å²) in [6, 6.07) is -0.216. The zero-order chi connectivity index (χ0) is 26.1. The predicted molar refractivity (Wildman–Crippen MR) is 124 cm³/mol. The second kappa shape index (κ2) is 10.9. The third-order valence-corrected chi connectivity index (χ3v) is 9.27. The van der Waals surface area contributed by atoms with Crippen LogP contribution in [-0.2, 0) is 14.3 Å². The molecule has 0 aromatic carbocycles. The molecule has 2 amide bonds. The Labute approximate surface area is 213 Å². The van der Waals surface area contributed by atoms with Gasteiger partial charge < -0.3 is 25.8 Å². The molecule has 12 heteroatoms. The topological polar surface area (TPSA) is 99.7 Å². The number of rotatable bonds is 7. The Balaban J connectivity index is 1.22. The zero-order valence-electron chi connectivity index (χ0n) is 20.2. The van der Waals surface area contributed by atoms with E-state index >= 15 is 0 Å². The van der Waals surface area contributed by atoms with E-state index in [0.29, 0.717) is 44.9 Å². The highest BCUT2D eigenvalue weighted by Gasteiger charge is 2.57. The molecule has 5 fully saturated rings. The summed E-state index contributed by atoms with van der Waals surface area (Å²) >= 11 is 5.89. The standard InChI is InChI=1S/C24H36ClF4N3O4/c25-17-4-3-16(9-18(17)26)36-13-20(34)32-23-7-5-22(6-8-23,10-19(23)33)21(35)31-12-15-2-1-14(11-30-15)24(27,28)29/h14-19,30,33H,1-13H2,(H,31,35)(H,32,34)/t14?,15?,16?,17?,18?,19-,22?,23?/m1/s1. The number of fused-ring (bicyclic) bond motifs is 3. The maximum Gasteiger partial charge on any atom is 0.393 e. The van der Waals surface area contributed by atoms with Crippen molar-refractivity contribution in [1.82, 2.24) is 16.0 Å². The van der Waals surface area contributed by atoms with Crippen LogP contribution in [0, 0.1) is 11.3 Å². The number of halogens is 5. The smallest absolute Gasteiger partial charge is 0.391 e. The summed E-state index contributed by atoms with van der Waals surface area (Å²) in [4.78, 5) is 25.6. The summed E-state index contributed by atoms with van der Waals surface area (Å²) in [5, 5.41) is 19.1. The predicted octanol–water partition coefficient (Wildman–Crippen LogP) is 2.73. The number of aliphatic hydroxyl groups excluding tert-OH is 1. The van der Waals surface area contributed by atoms with E-state index in [4.69, 9.17) is 16.3 Å². The Hall–Kier alpha value is -1.17. The van der Waals surface area contributed by atoms with E-state index in [-0.39, 0.29) is 62.9 Å². The summed E-state index contributed by atoms with van der Waals surface area (Å²) in [7, 11) is 0. The second-order valence-corrected chi connectivity index (χ2v) is 11.7. The van der Waals surface area contributed by atoms with E-state index in [1.54, 1.807) is 0 Å². The molecule has 6 atom stereocenters. The summed E-state index contributed by atoms with van der Waals surface area (Å²) in [6.45, 7) is -0.137. The Morgan fingerprint density at radius 2 is 1.83 bits per heavy atom. The molecule has 0 aromatic heterocycles. The van der Waals surface area contributed by atoms with Gasteiger partial charge in [0.15, 0.2) is 0 Å². The van der Waals surface area contributed by atoms with E-state index in [2.05, 4.69) is 16.0 Å². The third-order valence-electron chi connectivity index (χ3n) is 8.77. The molecule has 5 aliphatic rings. The highest BCUT2D eigenvalue weighted by Crippen LogP contribution is 2.52. The van der Waals surface area contributed by atoms with Crippen LogP contribution in [0.5, 0.6) is 0 Å². The van der Waals surface area contributed by atoms with Crippen molar-refractivity contribution in [3.8, 4) is 0 Å². The fourth-order valence-electron chi connectivity index (χ4n) is 6.28. The van der Waals surface area contributed by atoms with Crippen LogP contribution in [0.4, 0.5) is 17.6 Å². The number of piperidine rings is 1. The maximum atomic E-state index is 13.8. The van der Waals surface area contributed by atoms with Crippen molar-refractivity contribution < 1.29 is 37.0 Å². The quantitative estimate of drug-likeness (QED) is 0.293. The fourth-order valence-corrected chi connectivity index (χ4v) is 6.51. The van der Waals surface area contributed by atoms with Crippen LogP contribution in [0.1, 0.15) is 64.2 Å². The average Bonchev–Trinajstić information content (AvgIpc) is 2.84. The summed E-state index contributed by atoms with van der Waals surface area (Å²) in [5.74, 6) is -1.93. The summed E-state index contributed by atoms with van der Waals surface area (Å²) in [5.41, 5.74) is -1.57. The van der Waals surface area contributed by atoms with Gasteiger partial charge in [0, 0.05) is 25.6 Å². The lowest BCUT2D eigenvalue weighted by Gasteiger charge is -2.55. The Bertz CT molecular complexity index is 801. The molecule has 1 saturated heterocycles. The maximum absolute atomic E-state index is 13.8. The first kappa shape index (κ1) is 27.9. The molecular weight excluding hydrogens is 506 g/mol. The highest BCUT2D eigenvalue weighted by molar-refractivity contribution is 6.21. The van der Waals surface area contributed by atoms with Crippen molar-refractivity contribution in [3.63, 3.8) is 0 Å². The number of carbonyl (C=O) groups is 2. The molecule has 5 rings (SSSR count). The van der Waals surface area contributed by atoms with Gasteiger partial charge in [0.1, 0.15) is 12.8 Å². The number of alkyl halides is 5. The van der Waals surface area contributed by atoms with Gasteiger partial charge in [-0.1, -0.05) is 0 Å². The highest BCUT2D eigenvalue weighted by atomic mass is 35.5. The normalized spacial score (nSPS) is 41.1. The van der Waals surface area contributed by atoms with Gasteiger partial charge in [-0.15, -0.1) is 11.6 Å². The van der Waals surface area contributed by atoms with Crippen LogP contribution in [-0.4, -0.2) is 78.1 Å². The van der Waals surface area contributed by atoms with E-state index in [9.17, 15) is 32.3 Å². The molecule has 4 aliphatic carbocycles. The Morgan fingerprint density at radius 1 is 1.11 bits per heavy atom. The van der Waals surface area contributed by atoms with Crippen LogP contribution in [0.15, 0.2) is 0 Å². The molecule has 36 heavy (non-hydrogen) atoms. The Morgan fingerprint density at radius 3 is 2.42 bits per heavy atom. The molecule has 0 aromatic rings. The average molecular weight is 542 g/mol. The number of hydrogen-bond acceptors (Lipinski definition) is 5. The second-order valence-electron chi connectivity index (χ2n) is 11.1. The van der Waals surface area contributed by atoms with Crippen molar-refractivity contribution in [3.05, 3.63) is 0 Å².